The molecule has 0 spiro atoms. The molecule has 1 aromatic heterocycles. The molecular weight excluding hydrogens is 406 g/mol. The molecule has 0 saturated heterocycles. The third-order valence-corrected chi connectivity index (χ3v) is 7.28. The Morgan fingerprint density at radius 2 is 1.55 bits per heavy atom. The fourth-order valence-electron chi connectivity index (χ4n) is 3.82. The number of sulfonamides is 1. The van der Waals surface area contributed by atoms with E-state index < -0.39 is 10.0 Å². The highest BCUT2D eigenvalue weighted by atomic mass is 32.2. The van der Waals surface area contributed by atoms with E-state index >= 15 is 0 Å². The molecule has 160 valence electrons. The number of aryl methyl sites for hydroxylation is 4. The highest BCUT2D eigenvalue weighted by Gasteiger charge is 2.18. The second-order valence-corrected chi connectivity index (χ2v) is 9.78. The quantitative estimate of drug-likeness (QED) is 0.470. The predicted octanol–water partition coefficient (Wildman–Crippen LogP) is 4.92. The van der Waals surface area contributed by atoms with Crippen LogP contribution in [0.3, 0.4) is 0 Å². The van der Waals surface area contributed by atoms with Crippen LogP contribution in [0.5, 0.6) is 0 Å². The smallest absolute Gasteiger partial charge is 0.240 e. The van der Waals surface area contributed by atoms with Crippen LogP contribution in [-0.2, 0) is 16.6 Å². The van der Waals surface area contributed by atoms with Gasteiger partial charge in [-0.1, -0.05) is 48.0 Å². The first-order valence-electron chi connectivity index (χ1n) is 10.4. The molecule has 4 rings (SSSR count). The van der Waals surface area contributed by atoms with Crippen LogP contribution in [0.25, 0.3) is 22.4 Å². The van der Waals surface area contributed by atoms with E-state index in [0.717, 1.165) is 39.1 Å². The van der Waals surface area contributed by atoms with Crippen LogP contribution in [0.2, 0.25) is 0 Å². The molecular formula is C25H27N3O2S. The Hall–Kier alpha value is -2.96. The lowest BCUT2D eigenvalue weighted by molar-refractivity contribution is 0.574. The average molecular weight is 434 g/mol. The molecule has 5 nitrogen and oxygen atoms in total. The van der Waals surface area contributed by atoms with Crippen LogP contribution in [0.1, 0.15) is 22.3 Å². The molecule has 0 atom stereocenters. The number of nitrogens with zero attached hydrogens (tertiary/aromatic N) is 2. The Morgan fingerprint density at radius 1 is 0.871 bits per heavy atom. The number of hydrogen-bond donors (Lipinski definition) is 1. The Morgan fingerprint density at radius 3 is 2.29 bits per heavy atom. The van der Waals surface area contributed by atoms with E-state index in [9.17, 15) is 8.42 Å². The zero-order chi connectivity index (χ0) is 22.2. The van der Waals surface area contributed by atoms with E-state index in [0.29, 0.717) is 11.4 Å². The lowest BCUT2D eigenvalue weighted by Crippen LogP contribution is -2.28. The Labute approximate surface area is 183 Å². The zero-order valence-electron chi connectivity index (χ0n) is 18.3. The summed E-state index contributed by atoms with van der Waals surface area (Å²) in [5.74, 6) is 0.836. The van der Waals surface area contributed by atoms with E-state index in [2.05, 4.69) is 40.5 Å². The highest BCUT2D eigenvalue weighted by molar-refractivity contribution is 7.89. The normalized spacial score (nSPS) is 11.9. The van der Waals surface area contributed by atoms with E-state index in [1.54, 1.807) is 6.07 Å². The van der Waals surface area contributed by atoms with Gasteiger partial charge in [-0.2, -0.15) is 0 Å². The van der Waals surface area contributed by atoms with Crippen LogP contribution in [0, 0.1) is 27.7 Å². The minimum absolute atomic E-state index is 0.272. The molecule has 31 heavy (non-hydrogen) atoms. The summed E-state index contributed by atoms with van der Waals surface area (Å²) in [6.45, 7) is 8.55. The van der Waals surface area contributed by atoms with Crippen molar-refractivity contribution in [1.82, 2.24) is 14.3 Å². The van der Waals surface area contributed by atoms with Gasteiger partial charge in [0.25, 0.3) is 0 Å². The lowest BCUT2D eigenvalue weighted by atomic mass is 10.1. The van der Waals surface area contributed by atoms with Gasteiger partial charge in [0.1, 0.15) is 5.82 Å². The third-order valence-electron chi connectivity index (χ3n) is 5.67. The Bertz CT molecular complexity index is 1350. The number of aromatic nitrogens is 2. The molecule has 0 bridgehead atoms. The van der Waals surface area contributed by atoms with Gasteiger partial charge < -0.3 is 4.57 Å². The molecule has 6 heteroatoms. The zero-order valence-corrected chi connectivity index (χ0v) is 19.1. The number of rotatable bonds is 6. The van der Waals surface area contributed by atoms with Crippen molar-refractivity contribution in [2.45, 2.75) is 39.1 Å². The van der Waals surface area contributed by atoms with Crippen molar-refractivity contribution in [1.29, 1.82) is 0 Å². The lowest BCUT2D eigenvalue weighted by Gasteiger charge is -2.13. The monoisotopic (exact) mass is 433 g/mol. The van der Waals surface area contributed by atoms with Gasteiger partial charge in [0.2, 0.25) is 10.0 Å². The third kappa shape index (κ3) is 4.27. The van der Waals surface area contributed by atoms with Gasteiger partial charge in [-0.05, 0) is 62.6 Å². The fourth-order valence-corrected chi connectivity index (χ4v) is 5.15. The van der Waals surface area contributed by atoms with Crippen molar-refractivity contribution in [3.8, 4) is 11.4 Å². The van der Waals surface area contributed by atoms with Crippen molar-refractivity contribution >= 4 is 21.1 Å². The number of benzene rings is 3. The summed E-state index contributed by atoms with van der Waals surface area (Å²) in [7, 11) is -3.60. The summed E-state index contributed by atoms with van der Waals surface area (Å²) >= 11 is 0. The number of para-hydroxylation sites is 2. The van der Waals surface area contributed by atoms with Crippen LogP contribution in [0.4, 0.5) is 0 Å². The van der Waals surface area contributed by atoms with Crippen molar-refractivity contribution in [3.63, 3.8) is 0 Å². The number of imidazole rings is 1. The topological polar surface area (TPSA) is 64.0 Å². The van der Waals surface area contributed by atoms with Gasteiger partial charge >= 0.3 is 0 Å². The summed E-state index contributed by atoms with van der Waals surface area (Å²) in [6.07, 6.45) is 0. The van der Waals surface area contributed by atoms with Crippen LogP contribution in [-0.4, -0.2) is 24.5 Å². The van der Waals surface area contributed by atoms with Crippen LogP contribution in [0.15, 0.2) is 65.6 Å². The molecule has 0 unspecified atom stereocenters. The summed E-state index contributed by atoms with van der Waals surface area (Å²) < 4.78 is 30.8. The van der Waals surface area contributed by atoms with Gasteiger partial charge in [0.15, 0.2) is 0 Å². The molecule has 0 saturated carbocycles. The molecule has 0 aliphatic carbocycles. The summed E-state index contributed by atoms with van der Waals surface area (Å²) in [5.41, 5.74) is 6.88. The Kier molecular flexibility index (Phi) is 5.69. The average Bonchev–Trinajstić information content (AvgIpc) is 3.10. The maximum Gasteiger partial charge on any atom is 0.240 e. The SMILES string of the molecule is Cc1ccc(-c2nc3ccccc3n2CCNS(=O)(=O)c2cc(C)c(C)cc2C)cc1. The van der Waals surface area contributed by atoms with Crippen molar-refractivity contribution in [2.24, 2.45) is 0 Å². The van der Waals surface area contributed by atoms with Crippen molar-refractivity contribution in [2.75, 3.05) is 6.54 Å². The van der Waals surface area contributed by atoms with Gasteiger partial charge in [0.05, 0.1) is 15.9 Å². The first-order valence-corrected chi connectivity index (χ1v) is 11.8. The molecule has 4 aromatic rings. The molecule has 0 aliphatic rings. The first kappa shape index (κ1) is 21.3. The number of nitrogens with one attached hydrogen (secondary N) is 1. The molecule has 3 aromatic carbocycles. The molecule has 0 fully saturated rings. The minimum Gasteiger partial charge on any atom is -0.323 e. The van der Waals surface area contributed by atoms with Gasteiger partial charge in [0, 0.05) is 18.7 Å². The fraction of sp³-hybridized carbons (Fsp3) is 0.240. The van der Waals surface area contributed by atoms with Gasteiger partial charge in [-0.25, -0.2) is 18.1 Å². The second kappa shape index (κ2) is 8.29. The second-order valence-electron chi connectivity index (χ2n) is 8.04. The highest BCUT2D eigenvalue weighted by Crippen LogP contribution is 2.25. The van der Waals surface area contributed by atoms with Crippen LogP contribution >= 0.6 is 0 Å². The van der Waals surface area contributed by atoms with E-state index in [4.69, 9.17) is 4.98 Å². The van der Waals surface area contributed by atoms with E-state index in [-0.39, 0.29) is 6.54 Å². The molecule has 1 N–H and O–H groups in total. The molecule has 0 radical (unpaired) electrons. The summed E-state index contributed by atoms with van der Waals surface area (Å²) in [5, 5.41) is 0. The van der Waals surface area contributed by atoms with Crippen molar-refractivity contribution in [3.05, 3.63) is 82.9 Å². The standard InChI is InChI=1S/C25H27N3O2S/c1-17-9-11-21(12-10-17)25-27-22-7-5-6-8-23(22)28(25)14-13-26-31(29,30)24-16-19(3)18(2)15-20(24)4/h5-12,15-16,26H,13-14H2,1-4H3. The Balaban J connectivity index is 1.63. The van der Waals surface area contributed by atoms with Crippen molar-refractivity contribution < 1.29 is 8.42 Å². The maximum atomic E-state index is 13.0. The van der Waals surface area contributed by atoms with E-state index in [1.807, 2.05) is 51.1 Å². The largest absolute Gasteiger partial charge is 0.323 e. The van der Waals surface area contributed by atoms with E-state index in [1.165, 1.54) is 5.56 Å². The first-order chi connectivity index (χ1) is 14.8. The summed E-state index contributed by atoms with van der Waals surface area (Å²) in [4.78, 5) is 5.14. The molecule has 1 heterocycles. The molecule has 0 aliphatic heterocycles. The predicted molar refractivity (Wildman–Crippen MR) is 126 cm³/mol. The van der Waals surface area contributed by atoms with Crippen LogP contribution < -0.4 is 4.72 Å². The minimum atomic E-state index is -3.60. The molecule has 0 amide bonds. The summed E-state index contributed by atoms with van der Waals surface area (Å²) in [6, 6.07) is 19.8. The van der Waals surface area contributed by atoms with Gasteiger partial charge in [-0.3, -0.25) is 0 Å². The number of hydrogen-bond acceptors (Lipinski definition) is 3. The van der Waals surface area contributed by atoms with Gasteiger partial charge in [-0.15, -0.1) is 0 Å². The number of fused-ring (bicyclic) bond motifs is 1. The maximum absolute atomic E-state index is 13.0.